The third-order valence-corrected chi connectivity index (χ3v) is 2.94. The van der Waals surface area contributed by atoms with Crippen LogP contribution in [0.15, 0.2) is 23.5 Å². The number of allylic oxidation sites excluding steroid dienone is 3. The molecule has 3 nitrogen and oxygen atoms in total. The molecule has 0 aliphatic heterocycles. The van der Waals surface area contributed by atoms with E-state index < -0.39 is 6.16 Å². The third-order valence-electron chi connectivity index (χ3n) is 2.33. The van der Waals surface area contributed by atoms with E-state index in [2.05, 4.69) is 0 Å². The molecule has 1 atom stereocenters. The Hall–Kier alpha value is -0.960. The van der Waals surface area contributed by atoms with E-state index in [0.717, 1.165) is 12.0 Å². The van der Waals surface area contributed by atoms with Gasteiger partial charge in [0.15, 0.2) is 0 Å². The lowest BCUT2D eigenvalue weighted by atomic mass is 9.82. The monoisotopic (exact) mass is 244 g/mol. The standard InChI is InChI=1S/C12H17ClO3/c1-4-15-11(14)16-10-5-9(2)6-12(3,7-10)8-13/h5,7H,4,6,8H2,1-3H3. The minimum Gasteiger partial charge on any atom is -0.434 e. The molecule has 0 spiro atoms. The maximum absolute atomic E-state index is 11.2. The summed E-state index contributed by atoms with van der Waals surface area (Å²) in [7, 11) is 0. The van der Waals surface area contributed by atoms with E-state index in [4.69, 9.17) is 21.1 Å². The molecule has 4 heteroatoms. The van der Waals surface area contributed by atoms with Crippen LogP contribution in [-0.4, -0.2) is 18.6 Å². The average molecular weight is 245 g/mol. The molecule has 0 amide bonds. The highest BCUT2D eigenvalue weighted by atomic mass is 35.5. The van der Waals surface area contributed by atoms with Gasteiger partial charge in [0, 0.05) is 11.3 Å². The quantitative estimate of drug-likeness (QED) is 0.562. The van der Waals surface area contributed by atoms with Gasteiger partial charge in [-0.2, -0.15) is 0 Å². The molecule has 1 rings (SSSR count). The van der Waals surface area contributed by atoms with Gasteiger partial charge < -0.3 is 9.47 Å². The van der Waals surface area contributed by atoms with Gasteiger partial charge in [-0.05, 0) is 32.4 Å². The molecular formula is C12H17ClO3. The van der Waals surface area contributed by atoms with Crippen LogP contribution in [0.1, 0.15) is 27.2 Å². The third kappa shape index (κ3) is 3.56. The average Bonchev–Trinajstić information content (AvgIpc) is 2.16. The topological polar surface area (TPSA) is 35.5 Å². The van der Waals surface area contributed by atoms with Crippen molar-refractivity contribution < 1.29 is 14.3 Å². The SMILES string of the molecule is CCOC(=O)OC1=CC(C)(CCl)CC(C)=C1. The van der Waals surface area contributed by atoms with Gasteiger partial charge in [-0.3, -0.25) is 0 Å². The first-order valence-corrected chi connectivity index (χ1v) is 5.83. The molecule has 0 N–H and O–H groups in total. The van der Waals surface area contributed by atoms with Gasteiger partial charge in [0.05, 0.1) is 6.61 Å². The Bertz CT molecular complexity index is 333. The van der Waals surface area contributed by atoms with E-state index in [9.17, 15) is 4.79 Å². The van der Waals surface area contributed by atoms with Crippen LogP contribution in [0.3, 0.4) is 0 Å². The fourth-order valence-corrected chi connectivity index (χ4v) is 1.93. The lowest BCUT2D eigenvalue weighted by Gasteiger charge is -2.27. The molecule has 1 unspecified atom stereocenters. The molecule has 0 aromatic heterocycles. The molecule has 0 saturated carbocycles. The Morgan fingerprint density at radius 2 is 2.31 bits per heavy atom. The molecule has 1 aliphatic carbocycles. The fraction of sp³-hybridized carbons (Fsp3) is 0.583. The molecule has 0 aromatic carbocycles. The van der Waals surface area contributed by atoms with Crippen LogP contribution in [0, 0.1) is 5.41 Å². The highest BCUT2D eigenvalue weighted by Gasteiger charge is 2.26. The van der Waals surface area contributed by atoms with E-state index in [1.807, 2.05) is 26.0 Å². The second-order valence-electron chi connectivity index (χ2n) is 4.29. The summed E-state index contributed by atoms with van der Waals surface area (Å²) in [6, 6.07) is 0. The van der Waals surface area contributed by atoms with Crippen molar-refractivity contribution in [1.29, 1.82) is 0 Å². The maximum atomic E-state index is 11.2. The number of halogens is 1. The number of carbonyl (C=O) groups excluding carboxylic acids is 1. The summed E-state index contributed by atoms with van der Waals surface area (Å²) < 4.78 is 9.78. The number of ether oxygens (including phenoxy) is 2. The Kier molecular flexibility index (Phi) is 4.42. The Morgan fingerprint density at radius 1 is 1.62 bits per heavy atom. The zero-order valence-electron chi connectivity index (χ0n) is 9.88. The van der Waals surface area contributed by atoms with Crippen LogP contribution in [0.25, 0.3) is 0 Å². The molecule has 0 bridgehead atoms. The second kappa shape index (κ2) is 5.39. The predicted molar refractivity (Wildman–Crippen MR) is 63.4 cm³/mol. The van der Waals surface area contributed by atoms with Gasteiger partial charge in [0.25, 0.3) is 0 Å². The molecule has 0 fully saturated rings. The van der Waals surface area contributed by atoms with Crippen LogP contribution in [0.4, 0.5) is 4.79 Å². The van der Waals surface area contributed by atoms with Crippen molar-refractivity contribution in [1.82, 2.24) is 0 Å². The summed E-state index contributed by atoms with van der Waals surface area (Å²) in [5.74, 6) is 1.01. The van der Waals surface area contributed by atoms with Crippen LogP contribution in [0.5, 0.6) is 0 Å². The van der Waals surface area contributed by atoms with Crippen molar-refractivity contribution in [3.05, 3.63) is 23.5 Å². The van der Waals surface area contributed by atoms with E-state index in [0.29, 0.717) is 18.2 Å². The molecule has 0 saturated heterocycles. The Morgan fingerprint density at radius 3 is 2.88 bits per heavy atom. The van der Waals surface area contributed by atoms with Gasteiger partial charge in [-0.1, -0.05) is 12.5 Å². The Labute approximate surface area is 101 Å². The summed E-state index contributed by atoms with van der Waals surface area (Å²) in [6.45, 7) is 6.07. The minimum absolute atomic E-state index is 0.151. The summed E-state index contributed by atoms with van der Waals surface area (Å²) in [5, 5.41) is 0. The van der Waals surface area contributed by atoms with Gasteiger partial charge in [-0.15, -0.1) is 11.6 Å². The number of carbonyl (C=O) groups is 1. The van der Waals surface area contributed by atoms with Crippen molar-refractivity contribution >= 4 is 17.8 Å². The first kappa shape index (κ1) is 13.1. The van der Waals surface area contributed by atoms with Crippen LogP contribution in [0.2, 0.25) is 0 Å². The second-order valence-corrected chi connectivity index (χ2v) is 4.55. The van der Waals surface area contributed by atoms with E-state index >= 15 is 0 Å². The van der Waals surface area contributed by atoms with Crippen molar-refractivity contribution in [3.63, 3.8) is 0 Å². The van der Waals surface area contributed by atoms with Crippen LogP contribution >= 0.6 is 11.6 Å². The molecule has 1 aliphatic rings. The lowest BCUT2D eigenvalue weighted by molar-refractivity contribution is 0.0829. The van der Waals surface area contributed by atoms with E-state index in [1.165, 1.54) is 0 Å². The first-order chi connectivity index (χ1) is 7.49. The fourth-order valence-electron chi connectivity index (χ4n) is 1.76. The van der Waals surface area contributed by atoms with Gasteiger partial charge in [-0.25, -0.2) is 4.79 Å². The van der Waals surface area contributed by atoms with Crippen molar-refractivity contribution in [2.24, 2.45) is 5.41 Å². The van der Waals surface area contributed by atoms with E-state index in [-0.39, 0.29) is 5.41 Å². The van der Waals surface area contributed by atoms with Crippen molar-refractivity contribution in [2.45, 2.75) is 27.2 Å². The summed E-state index contributed by atoms with van der Waals surface area (Å²) in [4.78, 5) is 11.2. The smallest absolute Gasteiger partial charge is 0.434 e. The highest BCUT2D eigenvalue weighted by molar-refractivity contribution is 6.18. The number of hydrogen-bond acceptors (Lipinski definition) is 3. The predicted octanol–water partition coefficient (Wildman–Crippen LogP) is 3.64. The summed E-state index contributed by atoms with van der Waals surface area (Å²) in [5.41, 5.74) is 0.993. The van der Waals surface area contributed by atoms with Gasteiger partial charge in [0.1, 0.15) is 5.76 Å². The zero-order valence-corrected chi connectivity index (χ0v) is 10.6. The molecule has 0 aromatic rings. The molecule has 16 heavy (non-hydrogen) atoms. The Balaban J connectivity index is 2.74. The van der Waals surface area contributed by atoms with Crippen LogP contribution in [-0.2, 0) is 9.47 Å². The lowest BCUT2D eigenvalue weighted by Crippen LogP contribution is -2.21. The number of rotatable bonds is 3. The summed E-state index contributed by atoms with van der Waals surface area (Å²) in [6.07, 6.45) is 3.93. The van der Waals surface area contributed by atoms with Gasteiger partial charge in [0.2, 0.25) is 0 Å². The largest absolute Gasteiger partial charge is 0.513 e. The molecule has 0 heterocycles. The first-order valence-electron chi connectivity index (χ1n) is 5.29. The normalized spacial score (nSPS) is 24.5. The van der Waals surface area contributed by atoms with Gasteiger partial charge >= 0.3 is 6.16 Å². The van der Waals surface area contributed by atoms with Crippen LogP contribution < -0.4 is 0 Å². The number of alkyl halides is 1. The summed E-state index contributed by atoms with van der Waals surface area (Å²) >= 11 is 5.91. The van der Waals surface area contributed by atoms with Crippen molar-refractivity contribution in [3.8, 4) is 0 Å². The molecule has 0 radical (unpaired) electrons. The molecular weight excluding hydrogens is 228 g/mol. The maximum Gasteiger partial charge on any atom is 0.513 e. The van der Waals surface area contributed by atoms with E-state index in [1.54, 1.807) is 6.92 Å². The highest BCUT2D eigenvalue weighted by Crippen LogP contribution is 2.35. The zero-order chi connectivity index (χ0) is 12.2. The van der Waals surface area contributed by atoms with Crippen molar-refractivity contribution in [2.75, 3.05) is 12.5 Å². The minimum atomic E-state index is -0.670. The number of hydrogen-bond donors (Lipinski definition) is 0. The molecule has 90 valence electrons.